The number of rotatable bonds is 6. The Hall–Kier alpha value is -2.34. The molecule has 2 aliphatic heterocycles. The molecular formula is C23H32N4O2. The fraction of sp³-hybridized carbons (Fsp3) is 0.565. The number of benzene rings is 1. The maximum atomic E-state index is 5.73. The van der Waals surface area contributed by atoms with E-state index in [1.165, 1.54) is 30.4 Å². The molecule has 6 nitrogen and oxygen atoms in total. The van der Waals surface area contributed by atoms with Crippen molar-refractivity contribution < 1.29 is 9.47 Å². The zero-order valence-corrected chi connectivity index (χ0v) is 17.6. The summed E-state index contributed by atoms with van der Waals surface area (Å²) in [4.78, 5) is 11.4. The number of nitrogens with one attached hydrogen (secondary N) is 1. The molecule has 1 N–H and O–H groups in total. The monoisotopic (exact) mass is 396 g/mol. The molecule has 2 fully saturated rings. The second-order valence-electron chi connectivity index (χ2n) is 8.26. The van der Waals surface area contributed by atoms with Gasteiger partial charge in [0.15, 0.2) is 0 Å². The predicted octanol–water partition coefficient (Wildman–Crippen LogP) is 3.94. The third kappa shape index (κ3) is 4.47. The first-order valence-corrected chi connectivity index (χ1v) is 10.7. The lowest BCUT2D eigenvalue weighted by Gasteiger charge is -2.39. The van der Waals surface area contributed by atoms with Gasteiger partial charge in [0.2, 0.25) is 0 Å². The summed E-state index contributed by atoms with van der Waals surface area (Å²) in [5.41, 5.74) is 2.48. The smallest absolute Gasteiger partial charge is 0.134 e. The zero-order chi connectivity index (χ0) is 20.1. The van der Waals surface area contributed by atoms with Crippen molar-refractivity contribution in [1.82, 2.24) is 9.97 Å². The average molecular weight is 397 g/mol. The minimum absolute atomic E-state index is 0.0359. The van der Waals surface area contributed by atoms with Crippen LogP contribution in [0.1, 0.15) is 43.2 Å². The molecule has 6 heteroatoms. The first kappa shape index (κ1) is 20.0. The van der Waals surface area contributed by atoms with Gasteiger partial charge in [0.1, 0.15) is 23.7 Å². The van der Waals surface area contributed by atoms with Gasteiger partial charge in [-0.1, -0.05) is 17.7 Å². The number of nitrogens with zero attached hydrogens (tertiary/aromatic N) is 3. The largest absolute Gasteiger partial charge is 0.496 e. The molecule has 3 heterocycles. The fourth-order valence-electron chi connectivity index (χ4n) is 4.54. The number of piperidine rings is 1. The Morgan fingerprint density at radius 3 is 2.66 bits per heavy atom. The Balaban J connectivity index is 1.56. The normalized spacial score (nSPS) is 19.0. The van der Waals surface area contributed by atoms with Crippen molar-refractivity contribution in [3.05, 3.63) is 41.7 Å². The number of aromatic nitrogens is 2. The van der Waals surface area contributed by atoms with Crippen LogP contribution in [0, 0.1) is 6.92 Å². The van der Waals surface area contributed by atoms with Crippen LogP contribution in [0.2, 0.25) is 0 Å². The average Bonchev–Trinajstić information content (AvgIpc) is 2.79. The Morgan fingerprint density at radius 2 is 1.90 bits per heavy atom. The van der Waals surface area contributed by atoms with Gasteiger partial charge < -0.3 is 19.7 Å². The lowest BCUT2D eigenvalue weighted by Crippen LogP contribution is -2.40. The zero-order valence-electron chi connectivity index (χ0n) is 17.6. The first-order chi connectivity index (χ1) is 14.2. The maximum absolute atomic E-state index is 5.73. The van der Waals surface area contributed by atoms with E-state index < -0.39 is 0 Å². The molecule has 4 rings (SSSR count). The summed E-state index contributed by atoms with van der Waals surface area (Å²) in [5.74, 6) is 2.87. The molecule has 156 valence electrons. The molecule has 2 aromatic rings. The summed E-state index contributed by atoms with van der Waals surface area (Å²) in [6.45, 7) is 6.63. The van der Waals surface area contributed by atoms with Gasteiger partial charge in [0, 0.05) is 49.9 Å². The SMILES string of the molecule is COc1ccc(C)cc1C1(CNc2cc(N3CCCCC3)ncn2)CCOCC1. The van der Waals surface area contributed by atoms with Gasteiger partial charge in [-0.2, -0.15) is 0 Å². The van der Waals surface area contributed by atoms with Crippen LogP contribution in [0.4, 0.5) is 11.6 Å². The minimum Gasteiger partial charge on any atom is -0.496 e. The number of methoxy groups -OCH3 is 1. The Kier molecular flexibility index (Phi) is 6.19. The molecule has 0 atom stereocenters. The number of aryl methyl sites for hydroxylation is 1. The molecule has 0 spiro atoms. The van der Waals surface area contributed by atoms with Crippen LogP contribution in [0.5, 0.6) is 5.75 Å². The van der Waals surface area contributed by atoms with E-state index in [9.17, 15) is 0 Å². The summed E-state index contributed by atoms with van der Waals surface area (Å²) in [7, 11) is 1.75. The number of hydrogen-bond acceptors (Lipinski definition) is 6. The summed E-state index contributed by atoms with van der Waals surface area (Å²) in [6.07, 6.45) is 7.39. The topological polar surface area (TPSA) is 59.5 Å². The van der Waals surface area contributed by atoms with E-state index in [2.05, 4.69) is 51.4 Å². The number of hydrogen-bond donors (Lipinski definition) is 1. The van der Waals surface area contributed by atoms with Crippen molar-refractivity contribution in [2.75, 3.05) is 50.2 Å². The van der Waals surface area contributed by atoms with E-state index in [-0.39, 0.29) is 5.41 Å². The molecule has 2 aliphatic rings. The molecule has 1 aromatic carbocycles. The van der Waals surface area contributed by atoms with Crippen molar-refractivity contribution in [2.24, 2.45) is 0 Å². The molecule has 0 saturated carbocycles. The van der Waals surface area contributed by atoms with Crippen LogP contribution in [-0.4, -0.2) is 49.9 Å². The third-order valence-corrected chi connectivity index (χ3v) is 6.32. The highest BCUT2D eigenvalue weighted by molar-refractivity contribution is 5.50. The lowest BCUT2D eigenvalue weighted by molar-refractivity contribution is 0.0535. The number of ether oxygens (including phenoxy) is 2. The van der Waals surface area contributed by atoms with Gasteiger partial charge >= 0.3 is 0 Å². The quantitative estimate of drug-likeness (QED) is 0.798. The van der Waals surface area contributed by atoms with Gasteiger partial charge in [-0.3, -0.25) is 0 Å². The summed E-state index contributed by atoms with van der Waals surface area (Å²) < 4.78 is 11.4. The van der Waals surface area contributed by atoms with Gasteiger partial charge in [-0.05, 0) is 45.1 Å². The highest BCUT2D eigenvalue weighted by Gasteiger charge is 2.37. The van der Waals surface area contributed by atoms with Crippen molar-refractivity contribution in [3.8, 4) is 5.75 Å². The van der Waals surface area contributed by atoms with Crippen LogP contribution in [0.15, 0.2) is 30.6 Å². The first-order valence-electron chi connectivity index (χ1n) is 10.7. The molecule has 0 radical (unpaired) electrons. The standard InChI is InChI=1S/C23H32N4O2/c1-18-6-7-20(28-2)19(14-18)23(8-12-29-13-9-23)16-24-21-15-22(26-17-25-21)27-10-4-3-5-11-27/h6-7,14-15,17H,3-5,8-13,16H2,1-2H3,(H,24,25,26). The van der Waals surface area contributed by atoms with Crippen LogP contribution in [-0.2, 0) is 10.2 Å². The highest BCUT2D eigenvalue weighted by Crippen LogP contribution is 2.40. The van der Waals surface area contributed by atoms with Crippen LogP contribution in [0.3, 0.4) is 0 Å². The molecule has 0 bridgehead atoms. The minimum atomic E-state index is -0.0359. The van der Waals surface area contributed by atoms with E-state index in [4.69, 9.17) is 9.47 Å². The van der Waals surface area contributed by atoms with E-state index >= 15 is 0 Å². The molecule has 0 unspecified atom stereocenters. The van der Waals surface area contributed by atoms with Crippen LogP contribution in [0.25, 0.3) is 0 Å². The maximum Gasteiger partial charge on any atom is 0.134 e. The van der Waals surface area contributed by atoms with Crippen LogP contribution < -0.4 is 15.0 Å². The molecule has 2 saturated heterocycles. The van der Waals surface area contributed by atoms with Crippen molar-refractivity contribution in [3.63, 3.8) is 0 Å². The molecular weight excluding hydrogens is 364 g/mol. The molecule has 0 aliphatic carbocycles. The predicted molar refractivity (Wildman–Crippen MR) is 116 cm³/mol. The Bertz CT molecular complexity index is 814. The second-order valence-corrected chi connectivity index (χ2v) is 8.26. The summed E-state index contributed by atoms with van der Waals surface area (Å²) >= 11 is 0. The molecule has 0 amide bonds. The highest BCUT2D eigenvalue weighted by atomic mass is 16.5. The lowest BCUT2D eigenvalue weighted by atomic mass is 9.73. The molecule has 29 heavy (non-hydrogen) atoms. The van der Waals surface area contributed by atoms with E-state index in [0.29, 0.717) is 0 Å². The number of anilines is 2. The summed E-state index contributed by atoms with van der Waals surface area (Å²) in [6, 6.07) is 8.55. The fourth-order valence-corrected chi connectivity index (χ4v) is 4.54. The van der Waals surface area contributed by atoms with Crippen molar-refractivity contribution in [2.45, 2.75) is 44.4 Å². The Labute approximate surface area is 173 Å². The van der Waals surface area contributed by atoms with Gasteiger partial charge in [0.25, 0.3) is 0 Å². The Morgan fingerprint density at radius 1 is 1.10 bits per heavy atom. The van der Waals surface area contributed by atoms with E-state index in [1.807, 2.05) is 0 Å². The van der Waals surface area contributed by atoms with Gasteiger partial charge in [-0.25, -0.2) is 9.97 Å². The second kappa shape index (κ2) is 8.99. The molecule has 1 aromatic heterocycles. The van der Waals surface area contributed by atoms with Gasteiger partial charge in [-0.15, -0.1) is 0 Å². The van der Waals surface area contributed by atoms with Gasteiger partial charge in [0.05, 0.1) is 7.11 Å². The van der Waals surface area contributed by atoms with Crippen molar-refractivity contribution >= 4 is 11.6 Å². The van der Waals surface area contributed by atoms with Crippen LogP contribution >= 0.6 is 0 Å². The van der Waals surface area contributed by atoms with E-state index in [1.54, 1.807) is 13.4 Å². The van der Waals surface area contributed by atoms with E-state index in [0.717, 1.165) is 63.1 Å². The summed E-state index contributed by atoms with van der Waals surface area (Å²) in [5, 5.41) is 3.62. The van der Waals surface area contributed by atoms with Crippen molar-refractivity contribution in [1.29, 1.82) is 0 Å². The third-order valence-electron chi connectivity index (χ3n) is 6.32.